The van der Waals surface area contributed by atoms with Crippen molar-refractivity contribution in [2.24, 2.45) is 0 Å². The highest BCUT2D eigenvalue weighted by Gasteiger charge is 2.29. The minimum atomic E-state index is -3.97. The molecule has 0 aromatic heterocycles. The van der Waals surface area contributed by atoms with E-state index in [1.807, 2.05) is 42.5 Å². The molecular weight excluding hydrogens is 340 g/mol. The number of nitro groups is 1. The topological polar surface area (TPSA) is 80.5 Å². The highest BCUT2D eigenvalue weighted by atomic mass is 32.2. The Morgan fingerprint density at radius 3 is 2.32 bits per heavy atom. The molecule has 0 heterocycles. The molecule has 3 aromatic carbocycles. The summed E-state index contributed by atoms with van der Waals surface area (Å²) in [6, 6.07) is 18.9. The Morgan fingerprint density at radius 2 is 1.60 bits per heavy atom. The normalized spacial score (nSPS) is 11.8. The van der Waals surface area contributed by atoms with Crippen LogP contribution in [0.3, 0.4) is 0 Å². The zero-order chi connectivity index (χ0) is 18.0. The SMILES string of the molecule is CN(Cc1ccc2ccccc2c1)S(=O)(=O)c1ccccc1[N+](=O)[O-]. The summed E-state index contributed by atoms with van der Waals surface area (Å²) in [5.41, 5.74) is 0.385. The third-order valence-corrected chi connectivity index (χ3v) is 5.82. The molecule has 0 bridgehead atoms. The molecule has 0 saturated carbocycles. The van der Waals surface area contributed by atoms with Crippen molar-refractivity contribution >= 4 is 26.5 Å². The summed E-state index contributed by atoms with van der Waals surface area (Å²) < 4.78 is 26.6. The van der Waals surface area contributed by atoms with E-state index in [9.17, 15) is 18.5 Å². The number of hydrogen-bond donors (Lipinski definition) is 0. The van der Waals surface area contributed by atoms with Gasteiger partial charge in [-0.15, -0.1) is 0 Å². The Hall–Kier alpha value is -2.77. The number of rotatable bonds is 5. The van der Waals surface area contributed by atoms with Crippen LogP contribution >= 0.6 is 0 Å². The van der Waals surface area contributed by atoms with E-state index < -0.39 is 20.6 Å². The van der Waals surface area contributed by atoms with Crippen molar-refractivity contribution in [3.8, 4) is 0 Å². The van der Waals surface area contributed by atoms with Gasteiger partial charge in [0.25, 0.3) is 5.69 Å². The Kier molecular flexibility index (Phi) is 4.52. The van der Waals surface area contributed by atoms with Crippen molar-refractivity contribution in [3.63, 3.8) is 0 Å². The number of benzene rings is 3. The smallest absolute Gasteiger partial charge is 0.258 e. The van der Waals surface area contributed by atoms with Crippen molar-refractivity contribution in [1.82, 2.24) is 4.31 Å². The van der Waals surface area contributed by atoms with Crippen LogP contribution < -0.4 is 0 Å². The molecule has 3 rings (SSSR count). The molecule has 0 unspecified atom stereocenters. The first-order valence-electron chi connectivity index (χ1n) is 7.57. The second-order valence-electron chi connectivity index (χ2n) is 5.67. The van der Waals surface area contributed by atoms with Gasteiger partial charge in [-0.25, -0.2) is 8.42 Å². The molecule has 0 fully saturated rings. The van der Waals surface area contributed by atoms with E-state index in [1.165, 1.54) is 31.3 Å². The fourth-order valence-electron chi connectivity index (χ4n) is 2.67. The highest BCUT2D eigenvalue weighted by molar-refractivity contribution is 7.89. The van der Waals surface area contributed by atoms with Gasteiger partial charge in [0, 0.05) is 19.7 Å². The van der Waals surface area contributed by atoms with E-state index in [2.05, 4.69) is 0 Å². The predicted octanol–water partition coefficient (Wildman–Crippen LogP) is 3.57. The zero-order valence-corrected chi connectivity index (χ0v) is 14.3. The Labute approximate surface area is 145 Å². The van der Waals surface area contributed by atoms with Gasteiger partial charge < -0.3 is 0 Å². The van der Waals surface area contributed by atoms with Crippen molar-refractivity contribution in [3.05, 3.63) is 82.4 Å². The fourth-order valence-corrected chi connectivity index (χ4v) is 3.99. The van der Waals surface area contributed by atoms with Crippen LogP contribution in [0.1, 0.15) is 5.56 Å². The van der Waals surface area contributed by atoms with Gasteiger partial charge in [0.05, 0.1) is 4.92 Å². The number of nitro benzene ring substituents is 1. The van der Waals surface area contributed by atoms with E-state index in [-0.39, 0.29) is 11.4 Å². The standard InChI is InChI=1S/C18H16N2O4S/c1-19(13-14-10-11-15-6-2-3-7-16(15)12-14)25(23,24)18-9-5-4-8-17(18)20(21)22/h2-12H,13H2,1H3. The number of para-hydroxylation sites is 1. The lowest BCUT2D eigenvalue weighted by Crippen LogP contribution is -2.27. The van der Waals surface area contributed by atoms with E-state index in [4.69, 9.17) is 0 Å². The summed E-state index contributed by atoms with van der Waals surface area (Å²) in [6.07, 6.45) is 0. The zero-order valence-electron chi connectivity index (χ0n) is 13.5. The maximum absolute atomic E-state index is 12.7. The van der Waals surface area contributed by atoms with Crippen LogP contribution in [0, 0.1) is 10.1 Å². The van der Waals surface area contributed by atoms with Gasteiger partial charge in [-0.1, -0.05) is 48.5 Å². The molecule has 25 heavy (non-hydrogen) atoms. The second-order valence-corrected chi connectivity index (χ2v) is 7.68. The van der Waals surface area contributed by atoms with Crippen molar-refractivity contribution in [2.75, 3.05) is 7.05 Å². The molecule has 0 aliphatic carbocycles. The lowest BCUT2D eigenvalue weighted by Gasteiger charge is -2.17. The molecule has 0 atom stereocenters. The van der Waals surface area contributed by atoms with Crippen LogP contribution in [-0.4, -0.2) is 24.7 Å². The molecule has 6 nitrogen and oxygen atoms in total. The number of fused-ring (bicyclic) bond motifs is 1. The average molecular weight is 356 g/mol. The molecule has 0 spiro atoms. The largest absolute Gasteiger partial charge is 0.289 e. The first-order valence-corrected chi connectivity index (χ1v) is 9.01. The maximum atomic E-state index is 12.7. The third-order valence-electron chi connectivity index (χ3n) is 3.97. The van der Waals surface area contributed by atoms with E-state index in [0.717, 1.165) is 20.6 Å². The number of hydrogen-bond acceptors (Lipinski definition) is 4. The van der Waals surface area contributed by atoms with Crippen molar-refractivity contribution < 1.29 is 13.3 Å². The summed E-state index contributed by atoms with van der Waals surface area (Å²) in [7, 11) is -2.56. The lowest BCUT2D eigenvalue weighted by molar-refractivity contribution is -0.387. The van der Waals surface area contributed by atoms with Gasteiger partial charge in [0.15, 0.2) is 4.90 Å². The first kappa shape index (κ1) is 17.1. The summed E-state index contributed by atoms with van der Waals surface area (Å²) in [5, 5.41) is 13.2. The van der Waals surface area contributed by atoms with Crippen LogP contribution in [-0.2, 0) is 16.6 Å². The van der Waals surface area contributed by atoms with Crippen LogP contribution in [0.5, 0.6) is 0 Å². The molecule has 7 heteroatoms. The van der Waals surface area contributed by atoms with E-state index in [0.29, 0.717) is 0 Å². The molecule has 0 N–H and O–H groups in total. The summed E-state index contributed by atoms with van der Waals surface area (Å²) in [6.45, 7) is 0.124. The first-order chi connectivity index (χ1) is 11.9. The molecule has 0 amide bonds. The van der Waals surface area contributed by atoms with Gasteiger partial charge >= 0.3 is 0 Å². The van der Waals surface area contributed by atoms with E-state index >= 15 is 0 Å². The van der Waals surface area contributed by atoms with Gasteiger partial charge in [0.2, 0.25) is 10.0 Å². The molecule has 128 valence electrons. The number of sulfonamides is 1. The van der Waals surface area contributed by atoms with Gasteiger partial charge in [0.1, 0.15) is 0 Å². The van der Waals surface area contributed by atoms with Crippen LogP contribution in [0.4, 0.5) is 5.69 Å². The summed E-state index contributed by atoms with van der Waals surface area (Å²) in [4.78, 5) is 10.1. The maximum Gasteiger partial charge on any atom is 0.289 e. The van der Waals surface area contributed by atoms with Crippen LogP contribution in [0.25, 0.3) is 10.8 Å². The molecule has 3 aromatic rings. The Morgan fingerprint density at radius 1 is 0.960 bits per heavy atom. The quantitative estimate of drug-likeness (QED) is 0.517. The fraction of sp³-hybridized carbons (Fsp3) is 0.111. The predicted molar refractivity (Wildman–Crippen MR) is 95.7 cm³/mol. The van der Waals surface area contributed by atoms with Gasteiger partial charge in [-0.3, -0.25) is 10.1 Å². The highest BCUT2D eigenvalue weighted by Crippen LogP contribution is 2.27. The van der Waals surface area contributed by atoms with Crippen LogP contribution in [0.15, 0.2) is 71.6 Å². The molecule has 0 saturated heterocycles. The molecule has 0 radical (unpaired) electrons. The minimum absolute atomic E-state index is 0.124. The third kappa shape index (κ3) is 3.38. The molecular formula is C18H16N2O4S. The molecule has 0 aliphatic heterocycles. The van der Waals surface area contributed by atoms with Crippen LogP contribution in [0.2, 0.25) is 0 Å². The lowest BCUT2D eigenvalue weighted by atomic mass is 10.1. The summed E-state index contributed by atoms with van der Waals surface area (Å²) >= 11 is 0. The summed E-state index contributed by atoms with van der Waals surface area (Å²) in [5.74, 6) is 0. The van der Waals surface area contributed by atoms with Crippen molar-refractivity contribution in [2.45, 2.75) is 11.4 Å². The van der Waals surface area contributed by atoms with Crippen molar-refractivity contribution in [1.29, 1.82) is 0 Å². The monoisotopic (exact) mass is 356 g/mol. The molecule has 0 aliphatic rings. The average Bonchev–Trinajstić information content (AvgIpc) is 2.61. The van der Waals surface area contributed by atoms with Gasteiger partial charge in [-0.2, -0.15) is 4.31 Å². The Bertz CT molecular complexity index is 1050. The Balaban J connectivity index is 1.93. The van der Waals surface area contributed by atoms with E-state index in [1.54, 1.807) is 0 Å². The second kappa shape index (κ2) is 6.62. The minimum Gasteiger partial charge on any atom is -0.258 e. The number of nitrogens with zero attached hydrogens (tertiary/aromatic N) is 2. The van der Waals surface area contributed by atoms with Gasteiger partial charge in [-0.05, 0) is 28.5 Å².